The predicted octanol–water partition coefficient (Wildman–Crippen LogP) is 5.57. The quantitative estimate of drug-likeness (QED) is 0.300. The lowest BCUT2D eigenvalue weighted by atomic mass is 10.1. The third-order valence-electron chi connectivity index (χ3n) is 5.74. The number of benzene rings is 4. The first-order valence-electron chi connectivity index (χ1n) is 11.8. The number of anilines is 4. The van der Waals surface area contributed by atoms with Crippen molar-refractivity contribution in [1.82, 2.24) is 0 Å². The number of hydrogen-bond acceptors (Lipinski definition) is 4. The van der Waals surface area contributed by atoms with Gasteiger partial charge in [-0.05, 0) is 79.7 Å². The topological polar surface area (TPSA) is 90.5 Å². The smallest absolute Gasteiger partial charge is 0.258 e. The van der Waals surface area contributed by atoms with E-state index in [0.29, 0.717) is 22.5 Å². The second-order valence-corrected chi connectivity index (χ2v) is 8.58. The van der Waals surface area contributed by atoms with E-state index in [9.17, 15) is 14.4 Å². The molecule has 0 saturated heterocycles. The highest BCUT2D eigenvalue weighted by Crippen LogP contribution is 2.18. The van der Waals surface area contributed by atoms with Crippen molar-refractivity contribution in [2.75, 3.05) is 34.4 Å². The maximum absolute atomic E-state index is 12.7. The highest BCUT2D eigenvalue weighted by molar-refractivity contribution is 6.06. The van der Waals surface area contributed by atoms with Crippen LogP contribution in [0.4, 0.5) is 22.7 Å². The van der Waals surface area contributed by atoms with Crippen molar-refractivity contribution in [1.29, 1.82) is 0 Å². The molecule has 0 radical (unpaired) electrons. The van der Waals surface area contributed by atoms with Crippen molar-refractivity contribution in [3.8, 4) is 0 Å². The van der Waals surface area contributed by atoms with E-state index < -0.39 is 0 Å². The van der Waals surface area contributed by atoms with Crippen molar-refractivity contribution in [3.63, 3.8) is 0 Å². The summed E-state index contributed by atoms with van der Waals surface area (Å²) in [6, 6.07) is 30.7. The molecule has 0 aromatic heterocycles. The van der Waals surface area contributed by atoms with E-state index in [1.165, 1.54) is 0 Å². The number of amides is 3. The van der Waals surface area contributed by atoms with E-state index in [1.807, 2.05) is 55.5 Å². The van der Waals surface area contributed by atoms with Crippen LogP contribution in [-0.2, 0) is 4.79 Å². The van der Waals surface area contributed by atoms with Crippen molar-refractivity contribution in [2.45, 2.75) is 6.92 Å². The first-order valence-corrected chi connectivity index (χ1v) is 11.8. The fraction of sp³-hybridized carbons (Fsp3) is 0.100. The summed E-state index contributed by atoms with van der Waals surface area (Å²) >= 11 is 0. The van der Waals surface area contributed by atoms with Gasteiger partial charge in [-0.2, -0.15) is 0 Å². The zero-order chi connectivity index (χ0) is 26.2. The third kappa shape index (κ3) is 6.82. The van der Waals surface area contributed by atoms with Gasteiger partial charge in [0.1, 0.15) is 0 Å². The molecule has 7 nitrogen and oxygen atoms in total. The Labute approximate surface area is 216 Å². The summed E-state index contributed by atoms with van der Waals surface area (Å²) in [6.07, 6.45) is 0. The zero-order valence-electron chi connectivity index (χ0n) is 20.7. The van der Waals surface area contributed by atoms with E-state index in [4.69, 9.17) is 0 Å². The molecule has 0 aliphatic carbocycles. The Kier molecular flexibility index (Phi) is 7.95. The fourth-order valence-corrected chi connectivity index (χ4v) is 3.71. The van der Waals surface area contributed by atoms with Gasteiger partial charge in [0.2, 0.25) is 5.91 Å². The van der Waals surface area contributed by atoms with Crippen molar-refractivity contribution in [3.05, 3.63) is 120 Å². The molecule has 0 aliphatic rings. The van der Waals surface area contributed by atoms with Gasteiger partial charge in [-0.1, -0.05) is 35.9 Å². The Morgan fingerprint density at radius 2 is 1.30 bits per heavy atom. The van der Waals surface area contributed by atoms with Gasteiger partial charge in [-0.25, -0.2) is 0 Å². The largest absolute Gasteiger partial charge is 0.376 e. The van der Waals surface area contributed by atoms with E-state index in [-0.39, 0.29) is 24.3 Å². The summed E-state index contributed by atoms with van der Waals surface area (Å²) in [5.41, 5.74) is 4.95. The molecular weight excluding hydrogens is 464 g/mol. The maximum atomic E-state index is 12.7. The van der Waals surface area contributed by atoms with E-state index in [0.717, 1.165) is 16.9 Å². The summed E-state index contributed by atoms with van der Waals surface area (Å²) in [5, 5.41) is 8.74. The van der Waals surface area contributed by atoms with Crippen LogP contribution in [0.25, 0.3) is 0 Å². The molecule has 0 heterocycles. The molecule has 0 fully saturated rings. The molecule has 4 aromatic carbocycles. The molecule has 0 spiro atoms. The molecule has 0 saturated carbocycles. The molecule has 0 unspecified atom stereocenters. The van der Waals surface area contributed by atoms with Gasteiger partial charge < -0.3 is 20.9 Å². The second-order valence-electron chi connectivity index (χ2n) is 8.58. The molecule has 3 N–H and O–H groups in total. The fourth-order valence-electron chi connectivity index (χ4n) is 3.71. The van der Waals surface area contributed by atoms with Crippen LogP contribution in [0.5, 0.6) is 0 Å². The average molecular weight is 493 g/mol. The monoisotopic (exact) mass is 492 g/mol. The van der Waals surface area contributed by atoms with E-state index in [2.05, 4.69) is 16.0 Å². The Morgan fingerprint density at radius 3 is 1.97 bits per heavy atom. The highest BCUT2D eigenvalue weighted by atomic mass is 16.2. The lowest BCUT2D eigenvalue weighted by Gasteiger charge is -2.17. The average Bonchev–Trinajstić information content (AvgIpc) is 2.93. The molecule has 3 amide bonds. The van der Waals surface area contributed by atoms with Crippen LogP contribution >= 0.6 is 0 Å². The number of carbonyl (C=O) groups excluding carboxylic acids is 3. The lowest BCUT2D eigenvalue weighted by Crippen LogP contribution is -2.26. The number of nitrogens with zero attached hydrogens (tertiary/aromatic N) is 1. The first kappa shape index (κ1) is 25.2. The summed E-state index contributed by atoms with van der Waals surface area (Å²) in [4.78, 5) is 39.1. The Balaban J connectivity index is 1.26. The minimum atomic E-state index is -0.225. The molecule has 7 heteroatoms. The van der Waals surface area contributed by atoms with Gasteiger partial charge in [0.25, 0.3) is 11.8 Å². The van der Waals surface area contributed by atoms with Gasteiger partial charge >= 0.3 is 0 Å². The molecular formula is C30H28N4O3. The van der Waals surface area contributed by atoms with Crippen LogP contribution in [0, 0.1) is 6.92 Å². The number of aryl methyl sites for hydroxylation is 1. The van der Waals surface area contributed by atoms with Crippen LogP contribution < -0.4 is 20.9 Å². The maximum Gasteiger partial charge on any atom is 0.258 e. The zero-order valence-corrected chi connectivity index (χ0v) is 20.7. The molecule has 0 aliphatic heterocycles. The van der Waals surface area contributed by atoms with Crippen LogP contribution in [0.2, 0.25) is 0 Å². The van der Waals surface area contributed by atoms with Gasteiger partial charge in [0, 0.05) is 40.9 Å². The van der Waals surface area contributed by atoms with Crippen molar-refractivity contribution in [2.24, 2.45) is 0 Å². The van der Waals surface area contributed by atoms with Gasteiger partial charge in [0.05, 0.1) is 6.54 Å². The number of rotatable bonds is 8. The lowest BCUT2D eigenvalue weighted by molar-refractivity contribution is -0.114. The van der Waals surface area contributed by atoms with Crippen LogP contribution in [-0.4, -0.2) is 31.3 Å². The molecule has 4 aromatic rings. The predicted molar refractivity (Wildman–Crippen MR) is 148 cm³/mol. The standard InChI is InChI=1S/C30H28N4O3/c1-21-7-6-8-23(19-21)29(36)33-26-17-15-24(16-18-26)31-20-28(35)32-25-13-11-22(12-14-25)30(37)34(2)27-9-4-3-5-10-27/h3-19,31H,20H2,1-2H3,(H,32,35)(H,33,36). The van der Waals surface area contributed by atoms with E-state index >= 15 is 0 Å². The van der Waals surface area contributed by atoms with Gasteiger partial charge in [-0.3, -0.25) is 14.4 Å². The summed E-state index contributed by atoms with van der Waals surface area (Å²) < 4.78 is 0. The number of carbonyl (C=O) groups is 3. The number of hydrogen-bond donors (Lipinski definition) is 3. The van der Waals surface area contributed by atoms with Crippen molar-refractivity contribution >= 4 is 40.5 Å². The minimum absolute atomic E-state index is 0.0619. The van der Waals surface area contributed by atoms with Crippen LogP contribution in [0.1, 0.15) is 26.3 Å². The highest BCUT2D eigenvalue weighted by Gasteiger charge is 2.13. The number of para-hydroxylation sites is 1. The van der Waals surface area contributed by atoms with E-state index in [1.54, 1.807) is 66.5 Å². The van der Waals surface area contributed by atoms with Crippen LogP contribution in [0.3, 0.4) is 0 Å². The minimum Gasteiger partial charge on any atom is -0.376 e. The van der Waals surface area contributed by atoms with Gasteiger partial charge in [-0.15, -0.1) is 0 Å². The Hall–Kier alpha value is -4.91. The number of nitrogens with one attached hydrogen (secondary N) is 3. The SMILES string of the molecule is Cc1cccc(C(=O)Nc2ccc(NCC(=O)Nc3ccc(C(=O)N(C)c4ccccc4)cc3)cc2)c1. The normalized spacial score (nSPS) is 10.3. The second kappa shape index (κ2) is 11.7. The molecule has 0 atom stereocenters. The molecule has 186 valence electrons. The van der Waals surface area contributed by atoms with Crippen LogP contribution in [0.15, 0.2) is 103 Å². The Morgan fingerprint density at radius 1 is 0.676 bits per heavy atom. The molecule has 4 rings (SSSR count). The Bertz CT molecular complexity index is 1380. The third-order valence-corrected chi connectivity index (χ3v) is 5.74. The molecule has 0 bridgehead atoms. The summed E-state index contributed by atoms with van der Waals surface area (Å²) in [7, 11) is 1.73. The molecule has 37 heavy (non-hydrogen) atoms. The van der Waals surface area contributed by atoms with Gasteiger partial charge in [0.15, 0.2) is 0 Å². The summed E-state index contributed by atoms with van der Waals surface area (Å²) in [6.45, 7) is 2.00. The van der Waals surface area contributed by atoms with Crippen molar-refractivity contribution < 1.29 is 14.4 Å². The summed E-state index contributed by atoms with van der Waals surface area (Å²) in [5.74, 6) is -0.537. The first-order chi connectivity index (χ1) is 17.9.